The minimum atomic E-state index is -1.09. The molecule has 2 atom stereocenters. The first-order chi connectivity index (χ1) is 15.1. The van der Waals surface area contributed by atoms with Crippen LogP contribution >= 0.6 is 0 Å². The predicted octanol–water partition coefficient (Wildman–Crippen LogP) is 4.53. The monoisotopic (exact) mass is 445 g/mol. The zero-order valence-electron chi connectivity index (χ0n) is 19.9. The first-order valence-corrected chi connectivity index (χ1v) is 11.3. The van der Waals surface area contributed by atoms with E-state index in [1.165, 1.54) is 0 Å². The van der Waals surface area contributed by atoms with E-state index < -0.39 is 24.0 Å². The van der Waals surface area contributed by atoms with Gasteiger partial charge in [-0.1, -0.05) is 40.0 Å². The molecule has 176 valence electrons. The number of hydrogen-bond acceptors (Lipinski definition) is 5. The molecule has 0 aliphatic heterocycles. The van der Waals surface area contributed by atoms with Crippen LogP contribution in [0.25, 0.3) is 11.0 Å². The summed E-state index contributed by atoms with van der Waals surface area (Å²) < 4.78 is 11.5. The molecule has 32 heavy (non-hydrogen) atoms. The molecule has 1 aromatic heterocycles. The minimum absolute atomic E-state index is 0.264. The Hall–Kier alpha value is -2.83. The lowest BCUT2D eigenvalue weighted by Crippen LogP contribution is -2.48. The second kappa shape index (κ2) is 11.2. The average Bonchev–Trinajstić information content (AvgIpc) is 2.73. The summed E-state index contributed by atoms with van der Waals surface area (Å²) in [5, 5.41) is 12.6. The highest BCUT2D eigenvalue weighted by atomic mass is 16.5. The van der Waals surface area contributed by atoms with Crippen LogP contribution in [0.15, 0.2) is 21.3 Å². The van der Waals surface area contributed by atoms with Crippen molar-refractivity contribution in [2.45, 2.75) is 85.8 Å². The Kier molecular flexibility index (Phi) is 8.87. The van der Waals surface area contributed by atoms with Gasteiger partial charge in [-0.15, -0.1) is 0 Å². The van der Waals surface area contributed by atoms with Crippen molar-refractivity contribution >= 4 is 22.8 Å². The van der Waals surface area contributed by atoms with Crippen LogP contribution in [-0.2, 0) is 16.0 Å². The summed E-state index contributed by atoms with van der Waals surface area (Å²) in [5.41, 5.74) is 2.36. The van der Waals surface area contributed by atoms with Gasteiger partial charge in [-0.25, -0.2) is 9.59 Å². The largest absolute Gasteiger partial charge is 0.480 e. The van der Waals surface area contributed by atoms with Crippen LogP contribution in [0.5, 0.6) is 5.75 Å². The van der Waals surface area contributed by atoms with Crippen molar-refractivity contribution in [1.29, 1.82) is 0 Å². The molecule has 1 heterocycles. The molecule has 7 nitrogen and oxygen atoms in total. The van der Waals surface area contributed by atoms with Crippen molar-refractivity contribution in [3.05, 3.63) is 39.2 Å². The van der Waals surface area contributed by atoms with Crippen LogP contribution < -0.4 is 15.7 Å². The molecule has 0 aliphatic rings. The number of aliphatic carboxylic acids is 1. The van der Waals surface area contributed by atoms with E-state index >= 15 is 0 Å². The van der Waals surface area contributed by atoms with Gasteiger partial charge in [0.15, 0.2) is 6.10 Å². The Bertz CT molecular complexity index is 1020. The number of unbranched alkanes of at least 4 members (excludes halogenated alkanes) is 3. The van der Waals surface area contributed by atoms with Crippen molar-refractivity contribution in [3.8, 4) is 5.75 Å². The molecule has 1 aromatic carbocycles. The number of rotatable bonds is 11. The third kappa shape index (κ3) is 5.90. The van der Waals surface area contributed by atoms with Gasteiger partial charge in [-0.2, -0.15) is 0 Å². The Morgan fingerprint density at radius 2 is 1.78 bits per heavy atom. The van der Waals surface area contributed by atoms with Gasteiger partial charge in [0.1, 0.15) is 17.4 Å². The number of amides is 1. The standard InChI is InChI=1S/C25H35NO6/c1-7-8-9-10-11-19-15(4)18-12-13-20(16(5)22(18)32-25(19)30)31-17(6)23(27)26-21(14(2)3)24(28)29/h12-14,17,21H,7-11H2,1-6H3,(H,26,27)(H,28,29). The number of nitrogens with one attached hydrogen (secondary N) is 1. The molecule has 2 N–H and O–H groups in total. The molecule has 0 fully saturated rings. The van der Waals surface area contributed by atoms with Crippen LogP contribution in [0.2, 0.25) is 0 Å². The second-order valence-corrected chi connectivity index (χ2v) is 8.70. The summed E-state index contributed by atoms with van der Waals surface area (Å²) in [6.45, 7) is 10.9. The highest BCUT2D eigenvalue weighted by Crippen LogP contribution is 2.30. The molecular weight excluding hydrogens is 410 g/mol. The van der Waals surface area contributed by atoms with Crippen molar-refractivity contribution in [2.75, 3.05) is 0 Å². The van der Waals surface area contributed by atoms with E-state index in [-0.39, 0.29) is 11.5 Å². The third-order valence-electron chi connectivity index (χ3n) is 5.84. The fraction of sp³-hybridized carbons (Fsp3) is 0.560. The summed E-state index contributed by atoms with van der Waals surface area (Å²) >= 11 is 0. The fourth-order valence-electron chi connectivity index (χ4n) is 3.74. The minimum Gasteiger partial charge on any atom is -0.480 e. The van der Waals surface area contributed by atoms with E-state index in [0.717, 1.165) is 36.6 Å². The topological polar surface area (TPSA) is 106 Å². The Balaban J connectivity index is 2.25. The number of carboxylic acid groups (broad SMARTS) is 1. The molecular formula is C25H35NO6. The molecule has 7 heteroatoms. The van der Waals surface area contributed by atoms with E-state index in [1.807, 2.05) is 13.0 Å². The first-order valence-electron chi connectivity index (χ1n) is 11.3. The predicted molar refractivity (Wildman–Crippen MR) is 124 cm³/mol. The van der Waals surface area contributed by atoms with Crippen LogP contribution in [0, 0.1) is 19.8 Å². The number of carboxylic acids is 1. The van der Waals surface area contributed by atoms with Gasteiger partial charge in [0.25, 0.3) is 5.91 Å². The van der Waals surface area contributed by atoms with Crippen LogP contribution in [-0.4, -0.2) is 29.1 Å². The lowest BCUT2D eigenvalue weighted by Gasteiger charge is -2.22. The van der Waals surface area contributed by atoms with Gasteiger partial charge in [-0.05, 0) is 57.2 Å². The molecule has 0 saturated heterocycles. The highest BCUT2D eigenvalue weighted by molar-refractivity contribution is 5.87. The number of carbonyl (C=O) groups excluding carboxylic acids is 1. The quantitative estimate of drug-likeness (QED) is 0.389. The Morgan fingerprint density at radius 1 is 1.09 bits per heavy atom. The van der Waals surface area contributed by atoms with E-state index in [4.69, 9.17) is 9.15 Å². The van der Waals surface area contributed by atoms with Crippen molar-refractivity contribution in [2.24, 2.45) is 5.92 Å². The van der Waals surface area contributed by atoms with E-state index in [1.54, 1.807) is 33.8 Å². The maximum absolute atomic E-state index is 12.6. The Morgan fingerprint density at radius 3 is 2.38 bits per heavy atom. The fourth-order valence-corrected chi connectivity index (χ4v) is 3.74. The molecule has 2 unspecified atom stereocenters. The number of hydrogen-bond donors (Lipinski definition) is 2. The van der Waals surface area contributed by atoms with Crippen molar-refractivity contribution < 1.29 is 23.8 Å². The van der Waals surface area contributed by atoms with Gasteiger partial charge >= 0.3 is 11.6 Å². The smallest absolute Gasteiger partial charge is 0.339 e. The lowest BCUT2D eigenvalue weighted by atomic mass is 9.99. The zero-order chi connectivity index (χ0) is 24.0. The molecule has 0 saturated carbocycles. The summed E-state index contributed by atoms with van der Waals surface area (Å²) in [6, 6.07) is 2.60. The molecule has 2 aromatic rings. The third-order valence-corrected chi connectivity index (χ3v) is 5.84. The van der Waals surface area contributed by atoms with Crippen LogP contribution in [0.4, 0.5) is 0 Å². The second-order valence-electron chi connectivity index (χ2n) is 8.70. The number of carbonyl (C=O) groups is 2. The Labute approximate surface area is 189 Å². The van der Waals surface area contributed by atoms with E-state index in [2.05, 4.69) is 12.2 Å². The van der Waals surface area contributed by atoms with Gasteiger partial charge in [0.05, 0.1) is 0 Å². The summed E-state index contributed by atoms with van der Waals surface area (Å²) in [5.74, 6) is -1.47. The number of aryl methyl sites for hydroxylation is 2. The van der Waals surface area contributed by atoms with Crippen LogP contribution in [0.3, 0.4) is 0 Å². The number of benzene rings is 1. The van der Waals surface area contributed by atoms with Gasteiger partial charge in [0.2, 0.25) is 0 Å². The molecule has 0 radical (unpaired) electrons. The molecule has 2 rings (SSSR count). The van der Waals surface area contributed by atoms with Gasteiger partial charge in [-0.3, -0.25) is 4.79 Å². The summed E-state index contributed by atoms with van der Waals surface area (Å²) in [7, 11) is 0. The van der Waals surface area contributed by atoms with Crippen molar-refractivity contribution in [3.63, 3.8) is 0 Å². The zero-order valence-corrected chi connectivity index (χ0v) is 19.9. The maximum Gasteiger partial charge on any atom is 0.339 e. The average molecular weight is 446 g/mol. The molecule has 1 amide bonds. The highest BCUT2D eigenvalue weighted by Gasteiger charge is 2.27. The van der Waals surface area contributed by atoms with E-state index in [0.29, 0.717) is 28.9 Å². The lowest BCUT2D eigenvalue weighted by molar-refractivity contribution is -0.144. The van der Waals surface area contributed by atoms with Crippen LogP contribution in [0.1, 0.15) is 70.1 Å². The molecule has 0 bridgehead atoms. The first kappa shape index (κ1) is 25.4. The number of fused-ring (bicyclic) bond motifs is 1. The summed E-state index contributed by atoms with van der Waals surface area (Å²) in [4.78, 5) is 36.5. The normalized spacial score (nSPS) is 13.2. The maximum atomic E-state index is 12.6. The van der Waals surface area contributed by atoms with E-state index in [9.17, 15) is 19.5 Å². The SMILES string of the molecule is CCCCCCc1c(C)c2ccc(OC(C)C(=O)NC(C(=O)O)C(C)C)c(C)c2oc1=O. The van der Waals surface area contributed by atoms with Crippen molar-refractivity contribution in [1.82, 2.24) is 5.32 Å². The van der Waals surface area contributed by atoms with Gasteiger partial charge < -0.3 is 19.6 Å². The molecule has 0 spiro atoms. The van der Waals surface area contributed by atoms with Gasteiger partial charge in [0, 0.05) is 16.5 Å². The summed E-state index contributed by atoms with van der Waals surface area (Å²) in [6.07, 6.45) is 4.09. The molecule has 0 aliphatic carbocycles. The number of ether oxygens (including phenoxy) is 1.